The van der Waals surface area contributed by atoms with Gasteiger partial charge in [-0.05, 0) is 38.0 Å². The molecule has 2 atom stereocenters. The lowest BCUT2D eigenvalue weighted by Crippen LogP contribution is -2.50. The Balaban J connectivity index is 2.05. The molecule has 0 aromatic rings. The quantitative estimate of drug-likeness (QED) is 0.750. The monoisotopic (exact) mass is 197 g/mol. The number of rotatable bonds is 3. The standard InChI is InChI=1S/C12H23NO/c1-9(2)6-12(14-3)7-10-4-5-11(8-12)13-10/h9-11,13H,4-8H2,1-3H3. The zero-order valence-electron chi connectivity index (χ0n) is 9.68. The molecule has 2 fully saturated rings. The first-order chi connectivity index (χ1) is 6.63. The van der Waals surface area contributed by atoms with E-state index < -0.39 is 0 Å². The van der Waals surface area contributed by atoms with Crippen molar-refractivity contribution in [2.24, 2.45) is 5.92 Å². The van der Waals surface area contributed by atoms with E-state index in [1.54, 1.807) is 0 Å². The summed E-state index contributed by atoms with van der Waals surface area (Å²) in [5, 5.41) is 3.67. The molecule has 14 heavy (non-hydrogen) atoms. The Kier molecular flexibility index (Phi) is 2.85. The fourth-order valence-electron chi connectivity index (χ4n) is 3.37. The minimum atomic E-state index is 0.186. The summed E-state index contributed by atoms with van der Waals surface area (Å²) < 4.78 is 5.83. The summed E-state index contributed by atoms with van der Waals surface area (Å²) in [4.78, 5) is 0. The Hall–Kier alpha value is -0.0800. The van der Waals surface area contributed by atoms with Crippen LogP contribution in [-0.2, 0) is 4.74 Å². The maximum absolute atomic E-state index is 5.83. The first-order valence-corrected chi connectivity index (χ1v) is 5.95. The Morgan fingerprint density at radius 3 is 2.29 bits per heavy atom. The lowest BCUT2D eigenvalue weighted by atomic mass is 9.81. The van der Waals surface area contributed by atoms with Gasteiger partial charge in [0.05, 0.1) is 5.60 Å². The third-order valence-corrected chi connectivity index (χ3v) is 3.79. The van der Waals surface area contributed by atoms with Gasteiger partial charge in [0.1, 0.15) is 0 Å². The molecule has 2 nitrogen and oxygen atoms in total. The summed E-state index contributed by atoms with van der Waals surface area (Å²) >= 11 is 0. The van der Waals surface area contributed by atoms with Gasteiger partial charge in [0.25, 0.3) is 0 Å². The molecular formula is C12H23NO. The second-order valence-corrected chi connectivity index (χ2v) is 5.53. The second kappa shape index (κ2) is 3.82. The predicted molar refractivity (Wildman–Crippen MR) is 58.4 cm³/mol. The van der Waals surface area contributed by atoms with Crippen molar-refractivity contribution < 1.29 is 4.74 Å². The van der Waals surface area contributed by atoms with E-state index in [0.29, 0.717) is 0 Å². The van der Waals surface area contributed by atoms with Crippen molar-refractivity contribution in [1.29, 1.82) is 0 Å². The van der Waals surface area contributed by atoms with E-state index in [4.69, 9.17) is 4.74 Å². The van der Waals surface area contributed by atoms with Crippen molar-refractivity contribution in [3.8, 4) is 0 Å². The van der Waals surface area contributed by atoms with Crippen molar-refractivity contribution in [2.75, 3.05) is 7.11 Å². The average molecular weight is 197 g/mol. The van der Waals surface area contributed by atoms with E-state index >= 15 is 0 Å². The third kappa shape index (κ3) is 1.96. The topological polar surface area (TPSA) is 21.3 Å². The highest BCUT2D eigenvalue weighted by atomic mass is 16.5. The molecule has 2 heterocycles. The molecule has 0 spiro atoms. The smallest absolute Gasteiger partial charge is 0.0710 e. The lowest BCUT2D eigenvalue weighted by molar-refractivity contribution is -0.0611. The van der Waals surface area contributed by atoms with Crippen molar-refractivity contribution in [3.05, 3.63) is 0 Å². The molecule has 2 saturated heterocycles. The Bertz CT molecular complexity index is 190. The van der Waals surface area contributed by atoms with E-state index in [-0.39, 0.29) is 5.60 Å². The van der Waals surface area contributed by atoms with Gasteiger partial charge in [-0.1, -0.05) is 13.8 Å². The molecule has 2 aliphatic rings. The van der Waals surface area contributed by atoms with Crippen LogP contribution in [-0.4, -0.2) is 24.8 Å². The molecular weight excluding hydrogens is 174 g/mol. The summed E-state index contributed by atoms with van der Waals surface area (Å²) in [6, 6.07) is 1.46. The van der Waals surface area contributed by atoms with Crippen LogP contribution >= 0.6 is 0 Å². The van der Waals surface area contributed by atoms with Gasteiger partial charge < -0.3 is 10.1 Å². The average Bonchev–Trinajstić information content (AvgIpc) is 2.45. The van der Waals surface area contributed by atoms with Crippen LogP contribution in [0.3, 0.4) is 0 Å². The van der Waals surface area contributed by atoms with Gasteiger partial charge in [-0.25, -0.2) is 0 Å². The summed E-state index contributed by atoms with van der Waals surface area (Å²) in [5.41, 5.74) is 0.186. The molecule has 0 radical (unpaired) electrons. The number of fused-ring (bicyclic) bond motifs is 2. The highest BCUT2D eigenvalue weighted by Crippen LogP contribution is 2.39. The molecule has 0 amide bonds. The number of methoxy groups -OCH3 is 1. The molecule has 0 aliphatic carbocycles. The Morgan fingerprint density at radius 2 is 1.86 bits per heavy atom. The first kappa shape index (κ1) is 10.4. The maximum atomic E-state index is 5.83. The second-order valence-electron chi connectivity index (χ2n) is 5.53. The molecule has 0 aromatic heterocycles. The fourth-order valence-corrected chi connectivity index (χ4v) is 3.37. The fraction of sp³-hybridized carbons (Fsp3) is 1.00. The number of ether oxygens (including phenoxy) is 1. The summed E-state index contributed by atoms with van der Waals surface area (Å²) in [6.07, 6.45) is 6.37. The zero-order valence-corrected chi connectivity index (χ0v) is 9.68. The van der Waals surface area contributed by atoms with Crippen LogP contribution in [0.4, 0.5) is 0 Å². The Morgan fingerprint density at radius 1 is 1.29 bits per heavy atom. The predicted octanol–water partition coefficient (Wildman–Crippen LogP) is 2.33. The third-order valence-electron chi connectivity index (χ3n) is 3.79. The van der Waals surface area contributed by atoms with Crippen LogP contribution in [0.1, 0.15) is 46.0 Å². The molecule has 2 unspecified atom stereocenters. The minimum absolute atomic E-state index is 0.186. The number of piperidine rings is 1. The van der Waals surface area contributed by atoms with E-state index in [1.165, 1.54) is 32.1 Å². The molecule has 2 aliphatic heterocycles. The highest BCUT2D eigenvalue weighted by Gasteiger charge is 2.43. The van der Waals surface area contributed by atoms with Gasteiger partial charge in [-0.2, -0.15) is 0 Å². The summed E-state index contributed by atoms with van der Waals surface area (Å²) in [5.74, 6) is 0.743. The largest absolute Gasteiger partial charge is 0.378 e. The number of hydrogen-bond acceptors (Lipinski definition) is 2. The Labute approximate surface area is 87.4 Å². The highest BCUT2D eigenvalue weighted by molar-refractivity contribution is 5.01. The van der Waals surface area contributed by atoms with Crippen LogP contribution in [0.5, 0.6) is 0 Å². The molecule has 1 N–H and O–H groups in total. The molecule has 82 valence electrons. The number of hydrogen-bond donors (Lipinski definition) is 1. The summed E-state index contributed by atoms with van der Waals surface area (Å²) in [7, 11) is 1.90. The van der Waals surface area contributed by atoms with E-state index in [9.17, 15) is 0 Å². The van der Waals surface area contributed by atoms with Crippen LogP contribution < -0.4 is 5.32 Å². The zero-order chi connectivity index (χ0) is 10.2. The van der Waals surface area contributed by atoms with Crippen LogP contribution in [0.25, 0.3) is 0 Å². The SMILES string of the molecule is COC1(CC(C)C)CC2CCC(C1)N2. The molecule has 0 saturated carbocycles. The maximum Gasteiger partial charge on any atom is 0.0710 e. The van der Waals surface area contributed by atoms with Gasteiger partial charge in [0, 0.05) is 19.2 Å². The van der Waals surface area contributed by atoms with Crippen molar-refractivity contribution in [1.82, 2.24) is 5.32 Å². The van der Waals surface area contributed by atoms with Gasteiger partial charge in [-0.3, -0.25) is 0 Å². The lowest BCUT2D eigenvalue weighted by Gasteiger charge is -2.41. The van der Waals surface area contributed by atoms with Crippen LogP contribution in [0.2, 0.25) is 0 Å². The molecule has 0 aromatic carbocycles. The minimum Gasteiger partial charge on any atom is -0.378 e. The van der Waals surface area contributed by atoms with E-state index in [2.05, 4.69) is 19.2 Å². The number of nitrogens with one attached hydrogen (secondary N) is 1. The van der Waals surface area contributed by atoms with Gasteiger partial charge >= 0.3 is 0 Å². The van der Waals surface area contributed by atoms with Crippen LogP contribution in [0, 0.1) is 5.92 Å². The molecule has 2 bridgehead atoms. The van der Waals surface area contributed by atoms with Gasteiger partial charge in [-0.15, -0.1) is 0 Å². The first-order valence-electron chi connectivity index (χ1n) is 5.95. The van der Waals surface area contributed by atoms with E-state index in [1.807, 2.05) is 7.11 Å². The van der Waals surface area contributed by atoms with Gasteiger partial charge in [0.2, 0.25) is 0 Å². The van der Waals surface area contributed by atoms with Crippen molar-refractivity contribution in [3.63, 3.8) is 0 Å². The summed E-state index contributed by atoms with van der Waals surface area (Å²) in [6.45, 7) is 4.59. The van der Waals surface area contributed by atoms with Crippen molar-refractivity contribution in [2.45, 2.75) is 63.6 Å². The molecule has 2 rings (SSSR count). The van der Waals surface area contributed by atoms with E-state index in [0.717, 1.165) is 18.0 Å². The normalized spacial score (nSPS) is 42.0. The van der Waals surface area contributed by atoms with Crippen molar-refractivity contribution >= 4 is 0 Å². The molecule has 2 heteroatoms. The van der Waals surface area contributed by atoms with Gasteiger partial charge in [0.15, 0.2) is 0 Å². The van der Waals surface area contributed by atoms with Crippen LogP contribution in [0.15, 0.2) is 0 Å².